The Hall–Kier alpha value is -3.46. The molecule has 186 valence electrons. The van der Waals surface area contributed by atoms with E-state index in [1.54, 1.807) is 42.6 Å². The first-order valence-corrected chi connectivity index (χ1v) is 13.3. The van der Waals surface area contributed by atoms with Gasteiger partial charge >= 0.3 is 0 Å². The fraction of sp³-hybridized carbons (Fsp3) is 0.185. The number of fused-ring (bicyclic) bond motifs is 1. The van der Waals surface area contributed by atoms with E-state index in [-0.39, 0.29) is 23.9 Å². The van der Waals surface area contributed by atoms with E-state index < -0.39 is 10.0 Å². The van der Waals surface area contributed by atoms with Crippen LogP contribution >= 0.6 is 11.6 Å². The summed E-state index contributed by atoms with van der Waals surface area (Å²) in [6, 6.07) is 23.2. The molecule has 4 rings (SSSR count). The maximum absolute atomic E-state index is 13.4. The molecule has 4 aromatic rings. The van der Waals surface area contributed by atoms with Crippen LogP contribution < -0.4 is 10.6 Å². The summed E-state index contributed by atoms with van der Waals surface area (Å²) in [5.74, 6) is -0.380. The Morgan fingerprint density at radius 1 is 0.972 bits per heavy atom. The first-order chi connectivity index (χ1) is 17.3. The van der Waals surface area contributed by atoms with Crippen molar-refractivity contribution in [3.8, 4) is 0 Å². The molecule has 2 N–H and O–H groups in total. The van der Waals surface area contributed by atoms with E-state index in [2.05, 4.69) is 15.6 Å². The molecule has 0 fully saturated rings. The monoisotopic (exact) mass is 522 g/mol. The standard InChI is InChI=1S/C27H27ClN4O3S/c1-20-7-10-23(11-8-20)36(34,35)32(18-21-5-3-2-4-6-21)19-27(33)31-16-15-30-25-13-14-29-26-17-22(28)9-12-24(25)26/h2-14,17H,15-16,18-19H2,1H3,(H,29,30)(H,31,33). The summed E-state index contributed by atoms with van der Waals surface area (Å²) >= 11 is 6.05. The van der Waals surface area contributed by atoms with Gasteiger partial charge in [0.1, 0.15) is 0 Å². The number of hydrogen-bond acceptors (Lipinski definition) is 5. The second-order valence-corrected chi connectivity index (χ2v) is 10.7. The van der Waals surface area contributed by atoms with Gasteiger partial charge in [0, 0.05) is 41.9 Å². The van der Waals surface area contributed by atoms with Crippen molar-refractivity contribution in [2.24, 2.45) is 0 Å². The van der Waals surface area contributed by atoms with Gasteiger partial charge in [0.25, 0.3) is 0 Å². The third-order valence-corrected chi connectivity index (χ3v) is 7.69. The lowest BCUT2D eigenvalue weighted by Gasteiger charge is -2.22. The number of carbonyl (C=O) groups excluding carboxylic acids is 1. The molecular weight excluding hydrogens is 496 g/mol. The van der Waals surface area contributed by atoms with E-state index >= 15 is 0 Å². The van der Waals surface area contributed by atoms with Crippen molar-refractivity contribution in [2.75, 3.05) is 25.0 Å². The third kappa shape index (κ3) is 6.40. The van der Waals surface area contributed by atoms with Crippen LogP contribution in [-0.2, 0) is 21.4 Å². The van der Waals surface area contributed by atoms with Crippen molar-refractivity contribution in [2.45, 2.75) is 18.4 Å². The number of aryl methyl sites for hydroxylation is 1. The second kappa shape index (κ2) is 11.5. The second-order valence-electron chi connectivity index (χ2n) is 8.37. The van der Waals surface area contributed by atoms with Gasteiger partial charge in [0.15, 0.2) is 0 Å². The van der Waals surface area contributed by atoms with Crippen LogP contribution in [0.5, 0.6) is 0 Å². The van der Waals surface area contributed by atoms with Crippen molar-refractivity contribution in [1.82, 2.24) is 14.6 Å². The molecule has 0 aliphatic heterocycles. The molecule has 1 amide bonds. The Labute approximate surface area is 216 Å². The number of sulfonamides is 1. The van der Waals surface area contributed by atoms with Crippen LogP contribution in [0.15, 0.2) is 90.0 Å². The van der Waals surface area contributed by atoms with Gasteiger partial charge < -0.3 is 10.6 Å². The van der Waals surface area contributed by atoms with Gasteiger partial charge in [-0.1, -0.05) is 59.6 Å². The summed E-state index contributed by atoms with van der Waals surface area (Å²) in [7, 11) is -3.87. The molecule has 36 heavy (non-hydrogen) atoms. The Balaban J connectivity index is 1.40. The highest BCUT2D eigenvalue weighted by molar-refractivity contribution is 7.89. The maximum atomic E-state index is 13.4. The molecule has 0 atom stereocenters. The van der Waals surface area contributed by atoms with Crippen molar-refractivity contribution in [3.63, 3.8) is 0 Å². The van der Waals surface area contributed by atoms with Crippen LogP contribution in [0.1, 0.15) is 11.1 Å². The molecule has 0 bridgehead atoms. The number of benzene rings is 3. The molecule has 1 aromatic heterocycles. The number of aromatic nitrogens is 1. The topological polar surface area (TPSA) is 91.4 Å². The summed E-state index contributed by atoms with van der Waals surface area (Å²) in [5, 5.41) is 7.64. The molecule has 0 aliphatic carbocycles. The molecule has 0 spiro atoms. The number of nitrogens with zero attached hydrogens (tertiary/aromatic N) is 2. The highest BCUT2D eigenvalue weighted by Gasteiger charge is 2.26. The first kappa shape index (κ1) is 25.6. The minimum atomic E-state index is -3.87. The summed E-state index contributed by atoms with van der Waals surface area (Å²) in [5.41, 5.74) is 3.40. The molecule has 0 aliphatic rings. The predicted molar refractivity (Wildman–Crippen MR) is 143 cm³/mol. The van der Waals surface area contributed by atoms with E-state index in [0.29, 0.717) is 18.1 Å². The van der Waals surface area contributed by atoms with E-state index in [0.717, 1.165) is 27.7 Å². The molecule has 1 heterocycles. The number of hydrogen-bond donors (Lipinski definition) is 2. The lowest BCUT2D eigenvalue weighted by molar-refractivity contribution is -0.121. The summed E-state index contributed by atoms with van der Waals surface area (Å²) in [6.45, 7) is 2.47. The summed E-state index contributed by atoms with van der Waals surface area (Å²) in [4.78, 5) is 17.2. The highest BCUT2D eigenvalue weighted by Crippen LogP contribution is 2.24. The van der Waals surface area contributed by atoms with Crippen LogP contribution in [0.25, 0.3) is 10.9 Å². The van der Waals surface area contributed by atoms with Gasteiger partial charge in [-0.25, -0.2) is 8.42 Å². The average molecular weight is 523 g/mol. The Bertz CT molecular complexity index is 1450. The largest absolute Gasteiger partial charge is 0.383 e. The van der Waals surface area contributed by atoms with Crippen molar-refractivity contribution >= 4 is 44.1 Å². The quantitative estimate of drug-likeness (QED) is 0.297. The number of anilines is 1. The summed E-state index contributed by atoms with van der Waals surface area (Å²) in [6.07, 6.45) is 1.69. The highest BCUT2D eigenvalue weighted by atomic mass is 35.5. The summed E-state index contributed by atoms with van der Waals surface area (Å²) < 4.78 is 27.9. The number of nitrogens with one attached hydrogen (secondary N) is 2. The van der Waals surface area contributed by atoms with Crippen LogP contribution in [0.4, 0.5) is 5.69 Å². The van der Waals surface area contributed by atoms with Gasteiger partial charge in [0.2, 0.25) is 15.9 Å². The van der Waals surface area contributed by atoms with E-state index in [4.69, 9.17) is 11.6 Å². The lowest BCUT2D eigenvalue weighted by Crippen LogP contribution is -2.41. The molecule has 0 saturated carbocycles. The lowest BCUT2D eigenvalue weighted by atomic mass is 10.2. The zero-order valence-electron chi connectivity index (χ0n) is 19.8. The fourth-order valence-corrected chi connectivity index (χ4v) is 5.31. The van der Waals surface area contributed by atoms with Gasteiger partial charge in [0.05, 0.1) is 17.0 Å². The number of amides is 1. The number of carbonyl (C=O) groups is 1. The number of pyridine rings is 1. The minimum absolute atomic E-state index is 0.0916. The Morgan fingerprint density at radius 3 is 2.47 bits per heavy atom. The maximum Gasteiger partial charge on any atom is 0.243 e. The molecule has 9 heteroatoms. The van der Waals surface area contributed by atoms with Crippen molar-refractivity contribution in [1.29, 1.82) is 0 Å². The first-order valence-electron chi connectivity index (χ1n) is 11.5. The van der Waals surface area contributed by atoms with Crippen molar-refractivity contribution < 1.29 is 13.2 Å². The zero-order valence-corrected chi connectivity index (χ0v) is 21.4. The van der Waals surface area contributed by atoms with Crippen LogP contribution in [-0.4, -0.2) is 43.2 Å². The Kier molecular flexibility index (Phi) is 8.20. The molecule has 7 nitrogen and oxygen atoms in total. The smallest absolute Gasteiger partial charge is 0.243 e. The van der Waals surface area contributed by atoms with Gasteiger partial charge in [-0.3, -0.25) is 9.78 Å². The number of rotatable bonds is 10. The molecule has 0 radical (unpaired) electrons. The van der Waals surface area contributed by atoms with E-state index in [1.807, 2.05) is 49.4 Å². The molecule has 3 aromatic carbocycles. The normalized spacial score (nSPS) is 11.5. The minimum Gasteiger partial charge on any atom is -0.383 e. The Morgan fingerprint density at radius 2 is 1.72 bits per heavy atom. The predicted octanol–water partition coefficient (Wildman–Crippen LogP) is 4.62. The van der Waals surface area contributed by atoms with Crippen LogP contribution in [0.3, 0.4) is 0 Å². The molecule has 0 saturated heterocycles. The average Bonchev–Trinajstić information content (AvgIpc) is 2.87. The molecule has 0 unspecified atom stereocenters. The SMILES string of the molecule is Cc1ccc(S(=O)(=O)N(CC(=O)NCCNc2ccnc3cc(Cl)ccc23)Cc2ccccc2)cc1. The third-order valence-electron chi connectivity index (χ3n) is 5.65. The van der Waals surface area contributed by atoms with Crippen LogP contribution in [0.2, 0.25) is 5.02 Å². The van der Waals surface area contributed by atoms with Gasteiger partial charge in [-0.15, -0.1) is 0 Å². The number of halogens is 1. The van der Waals surface area contributed by atoms with Gasteiger partial charge in [-0.2, -0.15) is 4.31 Å². The fourth-order valence-electron chi connectivity index (χ4n) is 3.76. The van der Waals surface area contributed by atoms with E-state index in [1.165, 1.54) is 4.31 Å². The van der Waals surface area contributed by atoms with Crippen LogP contribution in [0, 0.1) is 6.92 Å². The van der Waals surface area contributed by atoms with Crippen molar-refractivity contribution in [3.05, 3.63) is 101 Å². The van der Waals surface area contributed by atoms with E-state index in [9.17, 15) is 13.2 Å². The zero-order chi connectivity index (χ0) is 25.5. The van der Waals surface area contributed by atoms with Gasteiger partial charge in [-0.05, 0) is 48.9 Å². The molecular formula is C27H27ClN4O3S.